The number of hydrogen-bond acceptors (Lipinski definition) is 6. The van der Waals surface area contributed by atoms with Crippen LogP contribution >= 0.6 is 11.3 Å². The van der Waals surface area contributed by atoms with Crippen LogP contribution < -0.4 is 11.1 Å². The highest BCUT2D eigenvalue weighted by atomic mass is 32.1. The second-order valence-corrected chi connectivity index (χ2v) is 8.32. The van der Waals surface area contributed by atoms with Gasteiger partial charge in [0.05, 0.1) is 27.1 Å². The predicted octanol–water partition coefficient (Wildman–Crippen LogP) is 2.18. The van der Waals surface area contributed by atoms with Crippen molar-refractivity contribution < 1.29 is 14.7 Å². The third kappa shape index (κ3) is 2.82. The van der Waals surface area contributed by atoms with Crippen molar-refractivity contribution in [3.8, 4) is 6.07 Å². The van der Waals surface area contributed by atoms with E-state index in [-0.39, 0.29) is 23.2 Å². The Labute approximate surface area is 160 Å². The smallest absolute Gasteiger partial charge is 0.254 e. The highest BCUT2D eigenvalue weighted by molar-refractivity contribution is 7.18. The normalized spacial score (nSPS) is 22.6. The maximum atomic E-state index is 13.2. The molecule has 138 valence electrons. The number of nitriles is 1. The number of nitrogens with zero attached hydrogens (tertiary/aromatic N) is 1. The maximum absolute atomic E-state index is 13.2. The number of nitrogens with one attached hydrogen (secondary N) is 1. The molecule has 1 unspecified atom stereocenters. The molecule has 1 atom stereocenters. The molecule has 1 amide bonds. The number of nitrogens with two attached hydrogens (primary N) is 1. The van der Waals surface area contributed by atoms with Gasteiger partial charge in [-0.15, -0.1) is 11.3 Å². The van der Waals surface area contributed by atoms with Crippen LogP contribution in [0.3, 0.4) is 0 Å². The number of amides is 1. The molecule has 4 rings (SSSR count). The van der Waals surface area contributed by atoms with Gasteiger partial charge in [-0.05, 0) is 36.8 Å². The minimum absolute atomic E-state index is 0.177. The zero-order valence-corrected chi connectivity index (χ0v) is 15.4. The molecule has 0 aliphatic heterocycles. The number of hydrogen-bond donors (Lipinski definition) is 3. The number of carbonyl (C=O) groups is 2. The number of thiophene rings is 1. The van der Waals surface area contributed by atoms with Gasteiger partial charge in [-0.3, -0.25) is 9.59 Å². The summed E-state index contributed by atoms with van der Waals surface area (Å²) in [5.41, 5.74) is 5.61. The van der Waals surface area contributed by atoms with Gasteiger partial charge in [0.25, 0.3) is 5.91 Å². The number of ketones is 1. The van der Waals surface area contributed by atoms with Crippen LogP contribution in [0.25, 0.3) is 0 Å². The number of benzene rings is 1. The number of aliphatic hydroxyl groups is 1. The molecule has 0 bridgehead atoms. The van der Waals surface area contributed by atoms with Crippen LogP contribution in [0.2, 0.25) is 0 Å². The van der Waals surface area contributed by atoms with E-state index in [1.165, 1.54) is 0 Å². The zero-order chi connectivity index (χ0) is 19.2. The quantitative estimate of drug-likeness (QED) is 0.750. The van der Waals surface area contributed by atoms with Crippen molar-refractivity contribution in [3.05, 3.63) is 51.9 Å². The van der Waals surface area contributed by atoms with Gasteiger partial charge in [-0.25, -0.2) is 0 Å². The fraction of sp³-hybridized carbons (Fsp3) is 0.350. The molecule has 6 nitrogen and oxygen atoms in total. The van der Waals surface area contributed by atoms with Crippen molar-refractivity contribution in [2.24, 2.45) is 0 Å². The Morgan fingerprint density at radius 2 is 2.00 bits per heavy atom. The summed E-state index contributed by atoms with van der Waals surface area (Å²) in [5.74, 6) is -0.670. The Hall–Kier alpha value is -2.69. The summed E-state index contributed by atoms with van der Waals surface area (Å²) in [7, 11) is 0. The van der Waals surface area contributed by atoms with Crippen LogP contribution in [0.1, 0.15) is 50.4 Å². The number of nitrogen functional groups attached to an aromatic ring is 1. The molecule has 0 spiro atoms. The second-order valence-electron chi connectivity index (χ2n) is 7.27. The first-order chi connectivity index (χ1) is 12.9. The topological polar surface area (TPSA) is 116 Å². The Kier molecular flexibility index (Phi) is 4.06. The number of Topliss-reactive ketones (excluding diaryl/α,β-unsaturated/α-hetero) is 1. The van der Waals surface area contributed by atoms with Crippen molar-refractivity contribution >= 4 is 28.0 Å². The third-order valence-corrected chi connectivity index (χ3v) is 6.53. The molecule has 7 heteroatoms. The molecule has 1 saturated carbocycles. The number of rotatable bonds is 4. The van der Waals surface area contributed by atoms with E-state index >= 15 is 0 Å². The van der Waals surface area contributed by atoms with Gasteiger partial charge < -0.3 is 16.2 Å². The van der Waals surface area contributed by atoms with E-state index in [2.05, 4.69) is 11.4 Å². The van der Waals surface area contributed by atoms with Crippen molar-refractivity contribution in [1.29, 1.82) is 5.26 Å². The van der Waals surface area contributed by atoms with Crippen LogP contribution in [-0.4, -0.2) is 28.9 Å². The molecule has 1 fully saturated rings. The number of anilines is 1. The van der Waals surface area contributed by atoms with Crippen molar-refractivity contribution in [2.45, 2.75) is 36.7 Å². The molecule has 1 heterocycles. The first kappa shape index (κ1) is 17.7. The molecular formula is C20H19N3O3S. The largest absolute Gasteiger partial charge is 0.390 e. The second kappa shape index (κ2) is 6.19. The highest BCUT2D eigenvalue weighted by Crippen LogP contribution is 2.44. The minimum Gasteiger partial charge on any atom is -0.390 e. The minimum atomic E-state index is -1.25. The van der Waals surface area contributed by atoms with Crippen molar-refractivity contribution in [3.63, 3.8) is 0 Å². The molecule has 4 N–H and O–H groups in total. The van der Waals surface area contributed by atoms with Gasteiger partial charge >= 0.3 is 0 Å². The lowest BCUT2D eigenvalue weighted by atomic mass is 9.69. The van der Waals surface area contributed by atoms with Crippen molar-refractivity contribution in [2.75, 3.05) is 12.3 Å². The van der Waals surface area contributed by atoms with E-state index in [4.69, 9.17) is 5.73 Å². The summed E-state index contributed by atoms with van der Waals surface area (Å²) in [5, 5.41) is 22.8. The fourth-order valence-electron chi connectivity index (χ4n) is 3.60. The molecule has 2 aliphatic carbocycles. The Morgan fingerprint density at radius 1 is 1.30 bits per heavy atom. The van der Waals surface area contributed by atoms with Crippen molar-refractivity contribution in [1.82, 2.24) is 5.32 Å². The molecule has 0 saturated heterocycles. The highest BCUT2D eigenvalue weighted by Gasteiger charge is 2.47. The summed E-state index contributed by atoms with van der Waals surface area (Å²) in [6.07, 6.45) is 2.07. The molecule has 27 heavy (non-hydrogen) atoms. The molecule has 1 aromatic carbocycles. The Morgan fingerprint density at radius 3 is 2.63 bits per heavy atom. The molecule has 1 aromatic heterocycles. The monoisotopic (exact) mass is 381 g/mol. The summed E-state index contributed by atoms with van der Waals surface area (Å²) in [4.78, 5) is 26.2. The van der Waals surface area contributed by atoms with Gasteiger partial charge in [0.15, 0.2) is 5.78 Å². The molecular weight excluding hydrogens is 362 g/mol. The van der Waals surface area contributed by atoms with Crippen LogP contribution in [0.5, 0.6) is 0 Å². The zero-order valence-electron chi connectivity index (χ0n) is 14.6. The van der Waals surface area contributed by atoms with Crippen LogP contribution in [-0.2, 0) is 11.8 Å². The van der Waals surface area contributed by atoms with E-state index in [1.807, 2.05) is 18.2 Å². The van der Waals surface area contributed by atoms with Crippen LogP contribution in [0.4, 0.5) is 5.00 Å². The summed E-state index contributed by atoms with van der Waals surface area (Å²) in [6.45, 7) is 0.177. The molecule has 2 aliphatic rings. The lowest BCUT2D eigenvalue weighted by Gasteiger charge is -2.29. The average molecular weight is 381 g/mol. The van der Waals surface area contributed by atoms with Crippen LogP contribution in [0, 0.1) is 11.3 Å². The molecule has 0 radical (unpaired) electrons. The SMILES string of the molecule is N#CC1(c2ccccc2)CCc2c(sc(N)c2C(=O)NCC2(O)CC2)C1=O. The average Bonchev–Trinajstić information content (AvgIpc) is 3.32. The summed E-state index contributed by atoms with van der Waals surface area (Å²) >= 11 is 1.07. The lowest BCUT2D eigenvalue weighted by Crippen LogP contribution is -2.39. The third-order valence-electron chi connectivity index (χ3n) is 5.47. The van der Waals surface area contributed by atoms with E-state index in [1.54, 1.807) is 12.1 Å². The number of fused-ring (bicyclic) bond motifs is 1. The van der Waals surface area contributed by atoms with E-state index in [0.717, 1.165) is 11.3 Å². The standard InChI is InChI=1S/C20H19N3O3S/c21-10-20(12-4-2-1-3-5-12)7-6-13-14(17(22)27-15(13)16(20)24)18(25)23-11-19(26)8-9-19/h1-5,26H,6-9,11,22H2,(H,23,25). The number of carbonyl (C=O) groups excluding carboxylic acids is 2. The van der Waals surface area contributed by atoms with E-state index in [9.17, 15) is 20.0 Å². The summed E-state index contributed by atoms with van der Waals surface area (Å²) < 4.78 is 0. The van der Waals surface area contributed by atoms with Gasteiger partial charge in [0.2, 0.25) is 0 Å². The van der Waals surface area contributed by atoms with Gasteiger partial charge in [0, 0.05) is 6.54 Å². The van der Waals surface area contributed by atoms with Gasteiger partial charge in [-0.2, -0.15) is 5.26 Å². The fourth-order valence-corrected chi connectivity index (χ4v) is 4.73. The van der Waals surface area contributed by atoms with Gasteiger partial charge in [0.1, 0.15) is 5.41 Å². The summed E-state index contributed by atoms with van der Waals surface area (Å²) in [6, 6.07) is 11.2. The molecule has 2 aromatic rings. The maximum Gasteiger partial charge on any atom is 0.254 e. The van der Waals surface area contributed by atoms with Gasteiger partial charge in [-0.1, -0.05) is 30.3 Å². The van der Waals surface area contributed by atoms with Crippen LogP contribution in [0.15, 0.2) is 30.3 Å². The van der Waals surface area contributed by atoms with E-state index < -0.39 is 11.0 Å². The first-order valence-electron chi connectivity index (χ1n) is 8.83. The first-order valence-corrected chi connectivity index (χ1v) is 9.65. The Bertz CT molecular complexity index is 972. The lowest BCUT2D eigenvalue weighted by molar-refractivity contribution is 0.0894. The Balaban J connectivity index is 1.68. The predicted molar refractivity (Wildman–Crippen MR) is 102 cm³/mol. The van der Waals surface area contributed by atoms with E-state index in [0.29, 0.717) is 47.3 Å².